The highest BCUT2D eigenvalue weighted by molar-refractivity contribution is 9.09. The van der Waals surface area contributed by atoms with Crippen molar-refractivity contribution in [2.45, 2.75) is 50.3 Å². The van der Waals surface area contributed by atoms with Crippen LogP contribution in [0.3, 0.4) is 0 Å². The fraction of sp³-hybridized carbons (Fsp3) is 0.625. The minimum absolute atomic E-state index is 0.0380. The van der Waals surface area contributed by atoms with E-state index in [2.05, 4.69) is 42.8 Å². The molecular formula is C16H21BrCl2. The lowest BCUT2D eigenvalue weighted by Gasteiger charge is -2.43. The highest BCUT2D eigenvalue weighted by atomic mass is 79.9. The molecule has 2 rings (SSSR count). The maximum Gasteiger partial charge on any atom is 0.0629 e. The zero-order chi connectivity index (χ0) is 14.2. The first-order valence-corrected chi connectivity index (χ1v) is 8.59. The summed E-state index contributed by atoms with van der Waals surface area (Å²) in [6.45, 7) is 6.92. The molecule has 0 saturated heterocycles. The molecule has 3 unspecified atom stereocenters. The van der Waals surface area contributed by atoms with Crippen LogP contribution in [0.25, 0.3) is 0 Å². The van der Waals surface area contributed by atoms with E-state index >= 15 is 0 Å². The van der Waals surface area contributed by atoms with Crippen molar-refractivity contribution in [3.63, 3.8) is 0 Å². The van der Waals surface area contributed by atoms with Crippen LogP contribution in [-0.4, -0.2) is 4.83 Å². The van der Waals surface area contributed by atoms with Crippen LogP contribution in [0, 0.1) is 11.8 Å². The third-order valence-corrected chi connectivity index (χ3v) is 6.44. The third kappa shape index (κ3) is 3.14. The summed E-state index contributed by atoms with van der Waals surface area (Å²) in [6, 6.07) is 5.98. The Balaban J connectivity index is 2.33. The molecule has 1 aromatic rings. The summed E-state index contributed by atoms with van der Waals surface area (Å²) in [6.07, 6.45) is 3.79. The summed E-state index contributed by atoms with van der Waals surface area (Å²) in [7, 11) is 0. The molecule has 0 radical (unpaired) electrons. The van der Waals surface area contributed by atoms with Crippen molar-refractivity contribution >= 4 is 39.1 Å². The maximum atomic E-state index is 6.43. The molecule has 3 heteroatoms. The van der Waals surface area contributed by atoms with Gasteiger partial charge in [-0.25, -0.2) is 0 Å². The quantitative estimate of drug-likeness (QED) is 0.528. The monoisotopic (exact) mass is 362 g/mol. The second-order valence-corrected chi connectivity index (χ2v) is 8.33. The minimum atomic E-state index is 0.0380. The first-order valence-electron chi connectivity index (χ1n) is 6.92. The molecule has 3 atom stereocenters. The van der Waals surface area contributed by atoms with Crippen LogP contribution >= 0.6 is 39.1 Å². The Kier molecular flexibility index (Phi) is 4.91. The van der Waals surface area contributed by atoms with Gasteiger partial charge in [-0.1, -0.05) is 78.5 Å². The SMILES string of the molecule is CC1CCC(C(C)(C)c2cccc(Cl)c2Cl)C(Br)C1. The van der Waals surface area contributed by atoms with E-state index in [4.69, 9.17) is 23.2 Å². The van der Waals surface area contributed by atoms with Crippen LogP contribution in [-0.2, 0) is 5.41 Å². The molecule has 0 nitrogen and oxygen atoms in total. The average molecular weight is 364 g/mol. The molecule has 1 aliphatic rings. The summed E-state index contributed by atoms with van der Waals surface area (Å²) in [4.78, 5) is 0.557. The van der Waals surface area contributed by atoms with Gasteiger partial charge in [0.2, 0.25) is 0 Å². The molecule has 0 N–H and O–H groups in total. The lowest BCUT2D eigenvalue weighted by molar-refractivity contribution is 0.214. The van der Waals surface area contributed by atoms with E-state index in [9.17, 15) is 0 Å². The fourth-order valence-corrected chi connectivity index (χ4v) is 5.43. The third-order valence-electron chi connectivity index (χ3n) is 4.61. The van der Waals surface area contributed by atoms with Crippen molar-refractivity contribution in [3.8, 4) is 0 Å². The lowest BCUT2D eigenvalue weighted by atomic mass is 9.66. The average Bonchev–Trinajstić information content (AvgIpc) is 2.31. The van der Waals surface area contributed by atoms with Crippen LogP contribution in [0.1, 0.15) is 45.6 Å². The van der Waals surface area contributed by atoms with Gasteiger partial charge in [0.1, 0.15) is 0 Å². The zero-order valence-electron chi connectivity index (χ0n) is 11.7. The predicted molar refractivity (Wildman–Crippen MR) is 88.7 cm³/mol. The second kappa shape index (κ2) is 5.95. The van der Waals surface area contributed by atoms with Gasteiger partial charge in [-0.2, -0.15) is 0 Å². The van der Waals surface area contributed by atoms with Gasteiger partial charge in [0, 0.05) is 4.83 Å². The molecule has 1 aromatic carbocycles. The molecular weight excluding hydrogens is 343 g/mol. The van der Waals surface area contributed by atoms with Gasteiger partial charge in [-0.05, 0) is 41.7 Å². The molecule has 0 aromatic heterocycles. The summed E-state index contributed by atoms with van der Waals surface area (Å²) < 4.78 is 0. The standard InChI is InChI=1S/C16H21BrCl2/c1-10-7-8-11(13(17)9-10)16(2,3)12-5-4-6-14(18)15(12)19/h4-6,10-11,13H,7-9H2,1-3H3. The van der Waals surface area contributed by atoms with Crippen molar-refractivity contribution < 1.29 is 0 Å². The molecule has 19 heavy (non-hydrogen) atoms. The Hall–Kier alpha value is 0.280. The summed E-state index contributed by atoms with van der Waals surface area (Å²) in [5.74, 6) is 1.41. The van der Waals surface area contributed by atoms with Crippen molar-refractivity contribution in [1.82, 2.24) is 0 Å². The summed E-state index contributed by atoms with van der Waals surface area (Å²) in [5, 5.41) is 1.37. The first-order chi connectivity index (χ1) is 8.84. The Morgan fingerprint density at radius 3 is 2.53 bits per heavy atom. The van der Waals surface area contributed by atoms with Gasteiger partial charge in [0.05, 0.1) is 10.0 Å². The van der Waals surface area contributed by atoms with Crippen molar-refractivity contribution in [2.75, 3.05) is 0 Å². The fourth-order valence-electron chi connectivity index (χ4n) is 3.33. The van der Waals surface area contributed by atoms with Crippen LogP contribution in [0.15, 0.2) is 18.2 Å². The van der Waals surface area contributed by atoms with Gasteiger partial charge >= 0.3 is 0 Å². The van der Waals surface area contributed by atoms with E-state index in [1.165, 1.54) is 24.8 Å². The Labute approximate surface area is 135 Å². The number of hydrogen-bond donors (Lipinski definition) is 0. The van der Waals surface area contributed by atoms with E-state index in [0.29, 0.717) is 20.8 Å². The molecule has 0 heterocycles. The number of benzene rings is 1. The normalized spacial score (nSPS) is 28.4. The summed E-state index contributed by atoms with van der Waals surface area (Å²) in [5.41, 5.74) is 1.21. The van der Waals surface area contributed by atoms with Gasteiger partial charge in [-0.3, -0.25) is 0 Å². The molecule has 0 spiro atoms. The zero-order valence-corrected chi connectivity index (χ0v) is 14.8. The van der Waals surface area contributed by atoms with Gasteiger partial charge < -0.3 is 0 Å². The van der Waals surface area contributed by atoms with Crippen molar-refractivity contribution in [3.05, 3.63) is 33.8 Å². The van der Waals surface area contributed by atoms with E-state index < -0.39 is 0 Å². The highest BCUT2D eigenvalue weighted by Gasteiger charge is 2.40. The first kappa shape index (κ1) is 15.7. The molecule has 1 aliphatic carbocycles. The molecule has 1 saturated carbocycles. The number of hydrogen-bond acceptors (Lipinski definition) is 0. The van der Waals surface area contributed by atoms with E-state index in [1.807, 2.05) is 12.1 Å². The minimum Gasteiger partial charge on any atom is -0.0887 e. The van der Waals surface area contributed by atoms with Gasteiger partial charge in [0.15, 0.2) is 0 Å². The smallest absolute Gasteiger partial charge is 0.0629 e. The largest absolute Gasteiger partial charge is 0.0887 e. The van der Waals surface area contributed by atoms with E-state index in [1.54, 1.807) is 0 Å². The van der Waals surface area contributed by atoms with Gasteiger partial charge in [0.25, 0.3) is 0 Å². The van der Waals surface area contributed by atoms with Crippen LogP contribution in [0.5, 0.6) is 0 Å². The summed E-state index contributed by atoms with van der Waals surface area (Å²) >= 11 is 16.5. The van der Waals surface area contributed by atoms with E-state index in [0.717, 1.165) is 5.92 Å². The number of halogens is 3. The molecule has 1 fully saturated rings. The Morgan fingerprint density at radius 1 is 1.21 bits per heavy atom. The van der Waals surface area contributed by atoms with Gasteiger partial charge in [-0.15, -0.1) is 0 Å². The van der Waals surface area contributed by atoms with Crippen LogP contribution in [0.2, 0.25) is 10.0 Å². The molecule has 0 bridgehead atoms. The van der Waals surface area contributed by atoms with Crippen LogP contribution in [0.4, 0.5) is 0 Å². The number of alkyl halides is 1. The van der Waals surface area contributed by atoms with E-state index in [-0.39, 0.29) is 5.41 Å². The predicted octanol–water partition coefficient (Wildman–Crippen LogP) is 6.47. The maximum absolute atomic E-state index is 6.43. The Morgan fingerprint density at radius 2 is 1.89 bits per heavy atom. The Bertz CT molecular complexity index is 456. The molecule has 0 aliphatic heterocycles. The van der Waals surface area contributed by atoms with Crippen molar-refractivity contribution in [1.29, 1.82) is 0 Å². The molecule has 106 valence electrons. The topological polar surface area (TPSA) is 0 Å². The van der Waals surface area contributed by atoms with Crippen molar-refractivity contribution in [2.24, 2.45) is 11.8 Å². The molecule has 0 amide bonds. The number of rotatable bonds is 2. The lowest BCUT2D eigenvalue weighted by Crippen LogP contribution is -2.38. The highest BCUT2D eigenvalue weighted by Crippen LogP contribution is 2.47. The second-order valence-electron chi connectivity index (χ2n) is 6.36. The van der Waals surface area contributed by atoms with Crippen LogP contribution < -0.4 is 0 Å².